The second kappa shape index (κ2) is 10.7. The van der Waals surface area contributed by atoms with Crippen molar-refractivity contribution in [3.8, 4) is 0 Å². The van der Waals surface area contributed by atoms with E-state index in [-0.39, 0.29) is 37.4 Å². The third-order valence-corrected chi connectivity index (χ3v) is 12.6. The van der Waals surface area contributed by atoms with E-state index in [4.69, 9.17) is 9.84 Å². The molecule has 13 nitrogen and oxygen atoms in total. The van der Waals surface area contributed by atoms with Gasteiger partial charge in [0.15, 0.2) is 0 Å². The molecule has 3 atom stereocenters. The number of hydrogen-bond donors (Lipinski definition) is 3. The van der Waals surface area contributed by atoms with Crippen molar-refractivity contribution in [3.05, 3.63) is 0 Å². The van der Waals surface area contributed by atoms with Crippen molar-refractivity contribution in [1.82, 2.24) is 23.1 Å². The van der Waals surface area contributed by atoms with Gasteiger partial charge in [0.25, 0.3) is 0 Å². The van der Waals surface area contributed by atoms with Crippen molar-refractivity contribution in [1.29, 1.82) is 0 Å². The minimum absolute atomic E-state index is 0.153. The molecule has 0 radical (unpaired) electrons. The topological polar surface area (TPSA) is 161 Å². The van der Waals surface area contributed by atoms with Crippen LogP contribution in [0.1, 0.15) is 12.8 Å². The van der Waals surface area contributed by atoms with Gasteiger partial charge < -0.3 is 0 Å². The predicted octanol–water partition coefficient (Wildman–Crippen LogP) is -1.33. The van der Waals surface area contributed by atoms with Crippen LogP contribution in [0.5, 0.6) is 0 Å². The number of rotatable bonds is 9. The molecule has 3 unspecified atom stereocenters. The molecule has 2 heterocycles. The molecule has 2 aliphatic heterocycles. The Hall–Kier alpha value is -2.28. The van der Waals surface area contributed by atoms with E-state index in [1.165, 1.54) is 19.1 Å². The fraction of sp³-hybridized carbons (Fsp3) is 0.625. The van der Waals surface area contributed by atoms with Gasteiger partial charge in [-0.05, 0) is 0 Å². The quantitative estimate of drug-likeness (QED) is 0.270. The van der Waals surface area contributed by atoms with Crippen LogP contribution in [0.3, 0.4) is 0 Å². The zero-order valence-corrected chi connectivity index (χ0v) is 22.5. The summed E-state index contributed by atoms with van der Waals surface area (Å²) in [6.07, 6.45) is 0.149. The Bertz CT molecular complexity index is 748. The zero-order chi connectivity index (χ0) is 22.4. The maximum atomic E-state index is 12.5. The van der Waals surface area contributed by atoms with Gasteiger partial charge in [-0.3, -0.25) is 0 Å². The van der Waals surface area contributed by atoms with E-state index in [9.17, 15) is 24.0 Å². The number of nitrogens with one attached hydrogen (secondary N) is 2. The first-order valence-electron chi connectivity index (χ1n) is 9.31. The van der Waals surface area contributed by atoms with E-state index in [0.717, 1.165) is 4.90 Å². The standard InChI is InChI=1S/C9H15N2O5.C7H9N4O2.Hg/c1-6(16-2)5-10-9(15)11-7(12)3-4-8(13)14;1-10-5-4(8-3-9-5)6(12)11(2)7(10)13;/h6H,1,3-5H2,2H3,(H,13,14)(H2,10,11,12,15);3-5H,1-2H3;/q;-1;+1. The average Bonchev–Trinajstić information content (AvgIpc) is 3.13. The number of methoxy groups -OCH3 is 1. The van der Waals surface area contributed by atoms with E-state index in [1.807, 2.05) is 2.66 Å². The number of urea groups is 2. The molecule has 30 heavy (non-hydrogen) atoms. The van der Waals surface area contributed by atoms with Crippen molar-refractivity contribution < 1.29 is 58.7 Å². The molecule has 0 aromatic carbocycles. The second-order valence-electron chi connectivity index (χ2n) is 6.95. The molecule has 3 N–H and O–H groups in total. The molecular formula is C16H24HgN6O7. The third kappa shape index (κ3) is 5.87. The SMILES string of the molecule is COC(CNC(=O)NC(=O)CCC(=O)O)[CH2][Hg][N]1C=NC2C1C(=O)N(C)C(=O)N2C. The van der Waals surface area contributed by atoms with Crippen molar-refractivity contribution >= 4 is 36.2 Å². The van der Waals surface area contributed by atoms with Gasteiger partial charge in [-0.15, -0.1) is 0 Å². The number of aliphatic imine (C=N–C) groups is 1. The molecule has 2 aliphatic rings. The number of hydrogen-bond acceptors (Lipinski definition) is 8. The van der Waals surface area contributed by atoms with E-state index in [2.05, 4.69) is 15.6 Å². The van der Waals surface area contributed by atoms with Crippen LogP contribution in [0.25, 0.3) is 0 Å². The molecule has 0 spiro atoms. The number of aliphatic carboxylic acids is 1. The van der Waals surface area contributed by atoms with Crippen LogP contribution in [0, 0.1) is 0 Å². The molecule has 6 amide bonds. The molecule has 0 aromatic rings. The molecule has 0 aliphatic carbocycles. The van der Waals surface area contributed by atoms with Crippen molar-refractivity contribution in [2.24, 2.45) is 4.99 Å². The Morgan fingerprint density at radius 1 is 1.30 bits per heavy atom. The van der Waals surface area contributed by atoms with Crippen molar-refractivity contribution in [2.45, 2.75) is 35.1 Å². The van der Waals surface area contributed by atoms with Gasteiger partial charge >= 0.3 is 186 Å². The number of carboxylic acids is 1. The summed E-state index contributed by atoms with van der Waals surface area (Å²) in [5, 5.41) is 13.1. The Balaban J connectivity index is 1.80. The van der Waals surface area contributed by atoms with Gasteiger partial charge in [0, 0.05) is 0 Å². The number of likely N-dealkylation sites (N-methyl/N-ethyl adjacent to an activating group) is 2. The molecule has 0 saturated carbocycles. The Kier molecular flexibility index (Phi) is 8.52. The Morgan fingerprint density at radius 3 is 2.63 bits per heavy atom. The van der Waals surface area contributed by atoms with Crippen molar-refractivity contribution in [2.75, 3.05) is 27.7 Å². The van der Waals surface area contributed by atoms with Gasteiger partial charge in [0.1, 0.15) is 0 Å². The van der Waals surface area contributed by atoms with E-state index in [0.29, 0.717) is 3.93 Å². The first kappa shape index (κ1) is 24.0. The fourth-order valence-electron chi connectivity index (χ4n) is 3.16. The summed E-state index contributed by atoms with van der Waals surface area (Å²) >= 11 is -1.91. The van der Waals surface area contributed by atoms with Crippen LogP contribution in [0.2, 0.25) is 3.93 Å². The Labute approximate surface area is 185 Å². The summed E-state index contributed by atoms with van der Waals surface area (Å²) < 4.78 is 8.00. The summed E-state index contributed by atoms with van der Waals surface area (Å²) in [6.45, 7) is 0.153. The monoisotopic (exact) mass is 614 g/mol. The van der Waals surface area contributed by atoms with Crippen LogP contribution in [0.4, 0.5) is 9.59 Å². The second-order valence-corrected chi connectivity index (χ2v) is 13.8. The fourth-order valence-corrected chi connectivity index (χ4v) is 10.4. The minimum atomic E-state index is -1.91. The number of carbonyl (C=O) groups excluding carboxylic acids is 4. The van der Waals surface area contributed by atoms with Crippen LogP contribution in [0.15, 0.2) is 4.99 Å². The molecule has 0 bridgehead atoms. The normalized spacial score (nSPS) is 21.2. The van der Waals surface area contributed by atoms with Crippen molar-refractivity contribution in [3.63, 3.8) is 0 Å². The number of carbonyl (C=O) groups is 5. The molecule has 1 saturated heterocycles. The number of ether oxygens (including phenoxy) is 1. The van der Waals surface area contributed by atoms with Gasteiger partial charge in [-0.1, -0.05) is 0 Å². The number of carboxylic acid groups (broad SMARTS) is 1. The molecule has 162 valence electrons. The third-order valence-electron chi connectivity index (χ3n) is 4.93. The number of amides is 6. The maximum absolute atomic E-state index is 12.5. The zero-order valence-electron chi connectivity index (χ0n) is 17.0. The van der Waals surface area contributed by atoms with Crippen LogP contribution in [-0.4, -0.2) is 99.8 Å². The summed E-state index contributed by atoms with van der Waals surface area (Å²) in [4.78, 5) is 65.1. The van der Waals surface area contributed by atoms with Crippen LogP contribution in [-0.2, 0) is 44.0 Å². The first-order valence-corrected chi connectivity index (χ1v) is 15.7. The Morgan fingerprint density at radius 2 is 2.00 bits per heavy atom. The molecule has 0 aromatic heterocycles. The van der Waals surface area contributed by atoms with E-state index < -0.39 is 55.0 Å². The van der Waals surface area contributed by atoms with Crippen LogP contribution < -0.4 is 10.6 Å². The van der Waals surface area contributed by atoms with E-state index in [1.54, 1.807) is 13.4 Å². The molecular weight excluding hydrogens is 589 g/mol. The number of fused-ring (bicyclic) bond motifs is 1. The summed E-state index contributed by atoms with van der Waals surface area (Å²) in [5.74, 6) is -2.09. The van der Waals surface area contributed by atoms with E-state index >= 15 is 0 Å². The van der Waals surface area contributed by atoms with Gasteiger partial charge in [0.2, 0.25) is 0 Å². The van der Waals surface area contributed by atoms with Gasteiger partial charge in [-0.2, -0.15) is 0 Å². The van der Waals surface area contributed by atoms with Gasteiger partial charge in [-0.25, -0.2) is 0 Å². The molecule has 1 fully saturated rings. The molecule has 2 rings (SSSR count). The number of imide groups is 2. The molecule has 14 heteroatoms. The number of nitrogens with zero attached hydrogens (tertiary/aromatic N) is 4. The average molecular weight is 613 g/mol. The predicted molar refractivity (Wildman–Crippen MR) is 97.9 cm³/mol. The first-order chi connectivity index (χ1) is 14.1. The summed E-state index contributed by atoms with van der Waals surface area (Å²) in [5.41, 5.74) is 0. The summed E-state index contributed by atoms with van der Waals surface area (Å²) in [6, 6.07) is -1.63. The van der Waals surface area contributed by atoms with Gasteiger partial charge in [0.05, 0.1) is 0 Å². The van der Waals surface area contributed by atoms with Crippen LogP contribution >= 0.6 is 0 Å². The summed E-state index contributed by atoms with van der Waals surface area (Å²) in [7, 11) is 4.56.